The number of alkyl halides is 3. The van der Waals surface area contributed by atoms with Crippen LogP contribution in [0, 0.1) is 0 Å². The average molecular weight is 401 g/mol. The number of carbonyl (C=O) groups excluding carboxylic acids is 1. The Hall–Kier alpha value is -2.97. The fourth-order valence-corrected chi connectivity index (χ4v) is 4.28. The molecule has 6 nitrogen and oxygen atoms in total. The summed E-state index contributed by atoms with van der Waals surface area (Å²) in [4.78, 5) is 29.3. The zero-order valence-electron chi connectivity index (χ0n) is 15.5. The number of pyridine rings is 2. The maximum atomic E-state index is 13.0. The van der Waals surface area contributed by atoms with Gasteiger partial charge in [0.15, 0.2) is 5.65 Å². The summed E-state index contributed by atoms with van der Waals surface area (Å²) in [6.45, 7) is 0.680. The fourth-order valence-electron chi connectivity index (χ4n) is 4.28. The van der Waals surface area contributed by atoms with Gasteiger partial charge in [-0.05, 0) is 43.9 Å². The Morgan fingerprint density at radius 2 is 2.00 bits per heavy atom. The Bertz CT molecular complexity index is 1100. The number of fused-ring (bicyclic) bond motifs is 2. The number of nitrogens with zero attached hydrogens (tertiary/aromatic N) is 4. The van der Waals surface area contributed by atoms with Crippen LogP contribution in [0.5, 0.6) is 0 Å². The van der Waals surface area contributed by atoms with Gasteiger partial charge in [0.2, 0.25) is 6.41 Å². The van der Waals surface area contributed by atoms with Crippen LogP contribution in [0.4, 0.5) is 18.9 Å². The molecule has 1 fully saturated rings. The predicted molar refractivity (Wildman–Crippen MR) is 99.5 cm³/mol. The number of hydrogen-bond donors (Lipinski definition) is 1. The molecule has 3 aromatic heterocycles. The lowest BCUT2D eigenvalue weighted by atomic mass is 9.65. The normalized spacial score (nSPS) is 18.4. The van der Waals surface area contributed by atoms with Gasteiger partial charge in [-0.3, -0.25) is 9.78 Å². The summed E-state index contributed by atoms with van der Waals surface area (Å²) in [5.74, 6) is 0.598. The summed E-state index contributed by atoms with van der Waals surface area (Å²) in [5.41, 5.74) is 1.81. The molecular formula is C20H18F3N5O. The SMILES string of the molecule is O=CN1CCCc2nc(C3(c4nc5ncc(C(F)(F)F)cc5[nH]4)CCC3)ccc21. The molecule has 1 saturated carbocycles. The van der Waals surface area contributed by atoms with Gasteiger partial charge in [-0.15, -0.1) is 0 Å². The van der Waals surface area contributed by atoms with Crippen molar-refractivity contribution in [3.63, 3.8) is 0 Å². The van der Waals surface area contributed by atoms with Crippen LogP contribution in [0.25, 0.3) is 11.2 Å². The monoisotopic (exact) mass is 401 g/mol. The number of H-pyrrole nitrogens is 1. The number of imidazole rings is 1. The first kappa shape index (κ1) is 18.1. The number of hydrogen-bond acceptors (Lipinski definition) is 4. The van der Waals surface area contributed by atoms with E-state index in [1.165, 1.54) is 0 Å². The minimum absolute atomic E-state index is 0.268. The highest BCUT2D eigenvalue weighted by atomic mass is 19.4. The molecule has 2 aliphatic rings. The van der Waals surface area contributed by atoms with Crippen LogP contribution in [0.2, 0.25) is 0 Å². The van der Waals surface area contributed by atoms with E-state index in [9.17, 15) is 18.0 Å². The summed E-state index contributed by atoms with van der Waals surface area (Å²) in [6, 6.07) is 4.86. The maximum Gasteiger partial charge on any atom is 0.417 e. The Kier molecular flexibility index (Phi) is 3.91. The van der Waals surface area contributed by atoms with Crippen molar-refractivity contribution in [3.8, 4) is 0 Å². The Labute approximate surface area is 164 Å². The topological polar surface area (TPSA) is 74.8 Å². The van der Waals surface area contributed by atoms with Gasteiger partial charge in [-0.25, -0.2) is 9.97 Å². The van der Waals surface area contributed by atoms with Gasteiger partial charge in [0.1, 0.15) is 5.82 Å². The highest BCUT2D eigenvalue weighted by Gasteiger charge is 2.45. The van der Waals surface area contributed by atoms with E-state index in [1.807, 2.05) is 12.1 Å². The molecule has 0 spiro atoms. The van der Waals surface area contributed by atoms with Crippen molar-refractivity contribution < 1.29 is 18.0 Å². The van der Waals surface area contributed by atoms with Gasteiger partial charge < -0.3 is 9.88 Å². The van der Waals surface area contributed by atoms with E-state index in [-0.39, 0.29) is 11.2 Å². The number of carbonyl (C=O) groups is 1. The lowest BCUT2D eigenvalue weighted by Crippen LogP contribution is -2.38. The van der Waals surface area contributed by atoms with Crippen LogP contribution in [0.15, 0.2) is 24.4 Å². The highest BCUT2D eigenvalue weighted by molar-refractivity contribution is 5.77. The minimum atomic E-state index is -4.45. The zero-order chi connectivity index (χ0) is 20.2. The summed E-state index contributed by atoms with van der Waals surface area (Å²) >= 11 is 0. The molecule has 29 heavy (non-hydrogen) atoms. The minimum Gasteiger partial charge on any atom is -0.340 e. The maximum absolute atomic E-state index is 13.0. The second-order valence-electron chi connectivity index (χ2n) is 7.68. The van der Waals surface area contributed by atoms with Crippen molar-refractivity contribution >= 4 is 23.3 Å². The van der Waals surface area contributed by atoms with Crippen LogP contribution < -0.4 is 4.90 Å². The lowest BCUT2D eigenvalue weighted by molar-refractivity contribution is -0.137. The summed E-state index contributed by atoms with van der Waals surface area (Å²) in [7, 11) is 0. The molecule has 0 aromatic carbocycles. The first-order valence-electron chi connectivity index (χ1n) is 9.56. The van der Waals surface area contributed by atoms with Gasteiger partial charge in [0, 0.05) is 12.7 Å². The van der Waals surface area contributed by atoms with E-state index in [0.717, 1.165) is 67.9 Å². The number of amides is 1. The van der Waals surface area contributed by atoms with Crippen molar-refractivity contribution in [2.75, 3.05) is 11.4 Å². The Morgan fingerprint density at radius 3 is 2.69 bits per heavy atom. The third kappa shape index (κ3) is 2.79. The summed E-state index contributed by atoms with van der Waals surface area (Å²) < 4.78 is 39.0. The molecule has 1 N–H and O–H groups in total. The number of aryl methyl sites for hydroxylation is 1. The van der Waals surface area contributed by atoms with E-state index in [4.69, 9.17) is 4.98 Å². The Balaban J connectivity index is 1.58. The van der Waals surface area contributed by atoms with E-state index in [0.29, 0.717) is 12.4 Å². The highest BCUT2D eigenvalue weighted by Crippen LogP contribution is 2.48. The molecule has 1 amide bonds. The van der Waals surface area contributed by atoms with E-state index >= 15 is 0 Å². The molecule has 3 aromatic rings. The van der Waals surface area contributed by atoms with Gasteiger partial charge >= 0.3 is 6.18 Å². The lowest BCUT2D eigenvalue weighted by Gasteiger charge is -2.40. The first-order valence-corrected chi connectivity index (χ1v) is 9.56. The van der Waals surface area contributed by atoms with Crippen molar-refractivity contribution in [2.24, 2.45) is 0 Å². The van der Waals surface area contributed by atoms with Gasteiger partial charge in [0.25, 0.3) is 0 Å². The van der Waals surface area contributed by atoms with E-state index in [2.05, 4.69) is 15.0 Å². The van der Waals surface area contributed by atoms with Crippen molar-refractivity contribution in [1.29, 1.82) is 0 Å². The first-order chi connectivity index (χ1) is 13.9. The number of halogens is 3. The third-order valence-electron chi connectivity index (χ3n) is 6.01. The van der Waals surface area contributed by atoms with Gasteiger partial charge in [-0.1, -0.05) is 6.42 Å². The van der Waals surface area contributed by atoms with Crippen LogP contribution in [-0.4, -0.2) is 32.9 Å². The number of anilines is 1. The van der Waals surface area contributed by atoms with Crippen LogP contribution in [0.1, 0.15) is 48.5 Å². The fraction of sp³-hybridized carbons (Fsp3) is 0.400. The molecule has 1 aliphatic carbocycles. The molecule has 1 aliphatic heterocycles. The number of nitrogens with one attached hydrogen (secondary N) is 1. The molecule has 5 rings (SSSR count). The molecule has 0 saturated heterocycles. The van der Waals surface area contributed by atoms with Crippen molar-refractivity contribution in [2.45, 2.75) is 43.7 Å². The second kappa shape index (κ2) is 6.27. The van der Waals surface area contributed by atoms with E-state index < -0.39 is 17.2 Å². The quantitative estimate of drug-likeness (QED) is 0.679. The summed E-state index contributed by atoms with van der Waals surface area (Å²) in [5, 5.41) is 0. The number of aromatic nitrogens is 4. The largest absolute Gasteiger partial charge is 0.417 e. The van der Waals surface area contributed by atoms with Gasteiger partial charge in [0.05, 0.1) is 33.6 Å². The standard InChI is InChI=1S/C20H18F3N5O/c21-20(22,23)12-9-14-17(24-10-12)27-18(26-14)19(6-2-7-19)16-5-4-15-13(25-16)3-1-8-28(15)11-29/h4-5,9-11H,1-3,6-8H2,(H,24,26,27). The zero-order valence-corrected chi connectivity index (χ0v) is 15.5. The molecule has 9 heteroatoms. The second-order valence-corrected chi connectivity index (χ2v) is 7.68. The predicted octanol–water partition coefficient (Wildman–Crippen LogP) is 3.75. The number of aromatic amines is 1. The molecular weight excluding hydrogens is 383 g/mol. The van der Waals surface area contributed by atoms with Crippen LogP contribution >= 0.6 is 0 Å². The van der Waals surface area contributed by atoms with Crippen molar-refractivity contribution in [1.82, 2.24) is 19.9 Å². The Morgan fingerprint density at radius 1 is 1.17 bits per heavy atom. The molecule has 0 unspecified atom stereocenters. The third-order valence-corrected chi connectivity index (χ3v) is 6.01. The van der Waals surface area contributed by atoms with Gasteiger partial charge in [-0.2, -0.15) is 13.2 Å². The molecule has 150 valence electrons. The smallest absolute Gasteiger partial charge is 0.340 e. The van der Waals surface area contributed by atoms with Crippen LogP contribution in [-0.2, 0) is 22.8 Å². The summed E-state index contributed by atoms with van der Waals surface area (Å²) in [6.07, 6.45) is 1.42. The molecule has 0 atom stereocenters. The van der Waals surface area contributed by atoms with Crippen molar-refractivity contribution in [3.05, 3.63) is 47.2 Å². The average Bonchev–Trinajstić information content (AvgIpc) is 3.09. The number of rotatable bonds is 3. The van der Waals surface area contributed by atoms with E-state index in [1.54, 1.807) is 4.90 Å². The molecule has 0 bridgehead atoms. The van der Waals surface area contributed by atoms with Crippen LogP contribution in [0.3, 0.4) is 0 Å². The molecule has 0 radical (unpaired) electrons. The molecule has 4 heterocycles.